The summed E-state index contributed by atoms with van der Waals surface area (Å²) in [5.74, 6) is 1.16. The van der Waals surface area contributed by atoms with Crippen molar-refractivity contribution in [2.24, 2.45) is 5.92 Å². The van der Waals surface area contributed by atoms with Gasteiger partial charge in [0, 0.05) is 19.3 Å². The number of nitrogens with one attached hydrogen (secondary N) is 1. The summed E-state index contributed by atoms with van der Waals surface area (Å²) in [6.07, 6.45) is 3.89. The summed E-state index contributed by atoms with van der Waals surface area (Å²) in [4.78, 5) is 15.2. The number of nitrogens with zero attached hydrogens (tertiary/aromatic N) is 4. The Labute approximate surface area is 148 Å². The Morgan fingerprint density at radius 2 is 2.00 bits per heavy atom. The Hall–Kier alpha value is -1.99. The Kier molecular flexibility index (Phi) is 5.99. The molecule has 1 unspecified atom stereocenters. The lowest BCUT2D eigenvalue weighted by molar-refractivity contribution is -0.131. The van der Waals surface area contributed by atoms with Gasteiger partial charge in [-0.2, -0.15) is 0 Å². The fourth-order valence-corrected chi connectivity index (χ4v) is 3.55. The van der Waals surface area contributed by atoms with Gasteiger partial charge in [-0.3, -0.25) is 14.1 Å². The van der Waals surface area contributed by atoms with E-state index in [9.17, 15) is 4.79 Å². The first-order valence-electron chi connectivity index (χ1n) is 9.12. The van der Waals surface area contributed by atoms with Gasteiger partial charge in [-0.05, 0) is 18.1 Å². The third-order valence-electron chi connectivity index (χ3n) is 5.01. The Bertz CT molecular complexity index is 692. The summed E-state index contributed by atoms with van der Waals surface area (Å²) in [6, 6.07) is 5.65. The van der Waals surface area contributed by atoms with Crippen molar-refractivity contribution in [3.05, 3.63) is 30.2 Å². The lowest BCUT2D eigenvalue weighted by atomic mass is 9.91. The average molecular weight is 345 g/mol. The van der Waals surface area contributed by atoms with E-state index in [4.69, 9.17) is 4.74 Å². The second kappa shape index (κ2) is 8.40. The normalized spacial score (nSPS) is 17.1. The number of amides is 1. The number of carbonyl (C=O) groups excluding carboxylic acids is 1. The molecule has 1 aliphatic rings. The van der Waals surface area contributed by atoms with Crippen molar-refractivity contribution in [2.45, 2.75) is 39.3 Å². The van der Waals surface area contributed by atoms with E-state index in [0.29, 0.717) is 25.7 Å². The molecule has 2 aromatic heterocycles. The predicted molar refractivity (Wildman–Crippen MR) is 95.1 cm³/mol. The zero-order chi connectivity index (χ0) is 17.6. The number of hydrogen-bond donors (Lipinski definition) is 1. The van der Waals surface area contributed by atoms with Crippen LogP contribution in [0.3, 0.4) is 0 Å². The molecule has 1 amide bonds. The van der Waals surface area contributed by atoms with Gasteiger partial charge < -0.3 is 10.1 Å². The second-order valence-corrected chi connectivity index (χ2v) is 6.43. The van der Waals surface area contributed by atoms with E-state index < -0.39 is 0 Å². The van der Waals surface area contributed by atoms with Crippen LogP contribution in [0.25, 0.3) is 5.65 Å². The smallest absolute Gasteiger partial charge is 0.238 e. The molecule has 7 heteroatoms. The number of ether oxygens (including phenoxy) is 1. The molecule has 0 bridgehead atoms. The summed E-state index contributed by atoms with van der Waals surface area (Å²) >= 11 is 0. The van der Waals surface area contributed by atoms with Crippen LogP contribution in [0.2, 0.25) is 0 Å². The van der Waals surface area contributed by atoms with Gasteiger partial charge >= 0.3 is 0 Å². The van der Waals surface area contributed by atoms with Gasteiger partial charge in [0.2, 0.25) is 5.91 Å². The van der Waals surface area contributed by atoms with Crippen LogP contribution in [0, 0.1) is 5.92 Å². The molecule has 0 aliphatic carbocycles. The lowest BCUT2D eigenvalue weighted by Crippen LogP contribution is -2.54. The SMILES string of the molecule is CCC(CC)C(C(=O)NCc1nnc2ccccn12)N1CCOCC1. The van der Waals surface area contributed by atoms with E-state index in [0.717, 1.165) is 37.4 Å². The van der Waals surface area contributed by atoms with Crippen LogP contribution < -0.4 is 5.32 Å². The monoisotopic (exact) mass is 345 g/mol. The van der Waals surface area contributed by atoms with Crippen molar-refractivity contribution < 1.29 is 9.53 Å². The Balaban J connectivity index is 1.71. The van der Waals surface area contributed by atoms with Crippen molar-refractivity contribution >= 4 is 11.6 Å². The topological polar surface area (TPSA) is 71.8 Å². The van der Waals surface area contributed by atoms with Crippen molar-refractivity contribution in [3.8, 4) is 0 Å². The van der Waals surface area contributed by atoms with E-state index in [-0.39, 0.29) is 11.9 Å². The minimum atomic E-state index is -0.113. The molecule has 1 N–H and O–H groups in total. The maximum atomic E-state index is 13.0. The van der Waals surface area contributed by atoms with Gasteiger partial charge in [0.05, 0.1) is 25.8 Å². The highest BCUT2D eigenvalue weighted by atomic mass is 16.5. The number of hydrogen-bond acceptors (Lipinski definition) is 5. The molecule has 2 aromatic rings. The van der Waals surface area contributed by atoms with Gasteiger partial charge in [-0.15, -0.1) is 10.2 Å². The van der Waals surface area contributed by atoms with Crippen LogP contribution in [0.5, 0.6) is 0 Å². The summed E-state index contributed by atoms with van der Waals surface area (Å²) in [5, 5.41) is 11.4. The fraction of sp³-hybridized carbons (Fsp3) is 0.611. The Morgan fingerprint density at radius 1 is 1.24 bits per heavy atom. The van der Waals surface area contributed by atoms with Gasteiger partial charge in [0.25, 0.3) is 0 Å². The summed E-state index contributed by atoms with van der Waals surface area (Å²) in [5.41, 5.74) is 0.788. The van der Waals surface area contributed by atoms with Crippen LogP contribution in [0.4, 0.5) is 0 Å². The van der Waals surface area contributed by atoms with Crippen molar-refractivity contribution in [3.63, 3.8) is 0 Å². The third-order valence-corrected chi connectivity index (χ3v) is 5.01. The molecule has 0 saturated carbocycles. The molecular weight excluding hydrogens is 318 g/mol. The van der Waals surface area contributed by atoms with Gasteiger partial charge in [-0.1, -0.05) is 32.8 Å². The zero-order valence-corrected chi connectivity index (χ0v) is 15.0. The van der Waals surface area contributed by atoms with E-state index in [1.807, 2.05) is 28.8 Å². The second-order valence-electron chi connectivity index (χ2n) is 6.43. The van der Waals surface area contributed by atoms with E-state index in [1.165, 1.54) is 0 Å². The molecule has 3 rings (SSSR count). The highest BCUT2D eigenvalue weighted by Crippen LogP contribution is 2.20. The van der Waals surface area contributed by atoms with Crippen LogP contribution >= 0.6 is 0 Å². The largest absolute Gasteiger partial charge is 0.379 e. The predicted octanol–water partition coefficient (Wildman–Crippen LogP) is 1.48. The van der Waals surface area contributed by atoms with Gasteiger partial charge in [0.1, 0.15) is 0 Å². The average Bonchev–Trinajstić information content (AvgIpc) is 3.08. The number of rotatable bonds is 7. The first-order valence-corrected chi connectivity index (χ1v) is 9.12. The molecule has 3 heterocycles. The highest BCUT2D eigenvalue weighted by Gasteiger charge is 2.32. The van der Waals surface area contributed by atoms with Crippen LogP contribution in [-0.2, 0) is 16.1 Å². The van der Waals surface area contributed by atoms with Crippen molar-refractivity contribution in [1.29, 1.82) is 0 Å². The standard InChI is InChI=1S/C18H27N5O2/c1-3-14(4-2)17(22-9-11-25-12-10-22)18(24)19-13-16-21-20-15-7-5-6-8-23(15)16/h5-8,14,17H,3-4,9-13H2,1-2H3,(H,19,24). The molecule has 7 nitrogen and oxygen atoms in total. The molecule has 1 fully saturated rings. The molecule has 0 radical (unpaired) electrons. The zero-order valence-electron chi connectivity index (χ0n) is 15.0. The summed E-state index contributed by atoms with van der Waals surface area (Å²) in [6.45, 7) is 7.69. The minimum Gasteiger partial charge on any atom is -0.379 e. The van der Waals surface area contributed by atoms with Gasteiger partial charge in [-0.25, -0.2) is 0 Å². The van der Waals surface area contributed by atoms with Crippen molar-refractivity contribution in [2.75, 3.05) is 26.3 Å². The highest BCUT2D eigenvalue weighted by molar-refractivity contribution is 5.82. The number of fused-ring (bicyclic) bond motifs is 1. The molecule has 1 aliphatic heterocycles. The molecule has 25 heavy (non-hydrogen) atoms. The van der Waals surface area contributed by atoms with E-state index in [1.54, 1.807) is 0 Å². The van der Waals surface area contributed by atoms with Gasteiger partial charge in [0.15, 0.2) is 11.5 Å². The molecule has 1 saturated heterocycles. The molecule has 0 aromatic carbocycles. The van der Waals surface area contributed by atoms with E-state index in [2.05, 4.69) is 34.3 Å². The first-order chi connectivity index (χ1) is 12.2. The number of pyridine rings is 1. The number of carbonyl (C=O) groups is 1. The summed E-state index contributed by atoms with van der Waals surface area (Å²) < 4.78 is 7.35. The number of aromatic nitrogens is 3. The Morgan fingerprint density at radius 3 is 2.72 bits per heavy atom. The minimum absolute atomic E-state index is 0.0725. The maximum absolute atomic E-state index is 13.0. The molecule has 0 spiro atoms. The lowest BCUT2D eigenvalue weighted by Gasteiger charge is -2.37. The van der Waals surface area contributed by atoms with Crippen molar-refractivity contribution in [1.82, 2.24) is 24.8 Å². The van der Waals surface area contributed by atoms with Crippen LogP contribution in [0.15, 0.2) is 24.4 Å². The maximum Gasteiger partial charge on any atom is 0.238 e. The number of morpholine rings is 1. The van der Waals surface area contributed by atoms with Crippen LogP contribution in [-0.4, -0.2) is 57.8 Å². The summed E-state index contributed by atoms with van der Waals surface area (Å²) in [7, 11) is 0. The fourth-order valence-electron chi connectivity index (χ4n) is 3.55. The third kappa shape index (κ3) is 3.99. The quantitative estimate of drug-likeness (QED) is 0.823. The van der Waals surface area contributed by atoms with Crippen LogP contribution in [0.1, 0.15) is 32.5 Å². The molecule has 136 valence electrons. The van der Waals surface area contributed by atoms with E-state index >= 15 is 0 Å². The molecule has 1 atom stereocenters. The molecular formula is C18H27N5O2. The first kappa shape index (κ1) is 17.8.